The number of aliphatic carboxylic acids is 1. The minimum Gasteiger partial charge on any atom is -0.480 e. The summed E-state index contributed by atoms with van der Waals surface area (Å²) in [7, 11) is 0. The normalized spacial score (nSPS) is 19.6. The zero-order chi connectivity index (χ0) is 24.9. The van der Waals surface area contributed by atoms with Gasteiger partial charge in [0.15, 0.2) is 0 Å². The molecule has 2 aliphatic carbocycles. The lowest BCUT2D eigenvalue weighted by Crippen LogP contribution is -2.49. The minimum absolute atomic E-state index is 0.0342. The molecule has 0 spiro atoms. The van der Waals surface area contributed by atoms with Crippen molar-refractivity contribution in [2.75, 3.05) is 6.61 Å². The standard InChI is InChI=1S/C28H34N2O5/c1-17(2)14-15-25(27(32)33)29-26(31)22-12-7-13-24(22)30-28(34)35-16-23-20-10-5-3-8-18(20)19-9-4-6-11-21(19)23/h3-6,8-11,17,22-25H,7,12-16H2,1-2H3,(H,29,31)(H,30,34)(H,32,33)/t22-,24+,25?/m1/s1. The molecule has 0 bridgehead atoms. The number of alkyl carbamates (subject to hydrolysis) is 1. The number of hydrogen-bond donors (Lipinski definition) is 3. The van der Waals surface area contributed by atoms with E-state index in [1.165, 1.54) is 0 Å². The average Bonchev–Trinajstić information content (AvgIpc) is 3.42. The molecule has 7 nitrogen and oxygen atoms in total. The van der Waals surface area contributed by atoms with E-state index in [9.17, 15) is 19.5 Å². The lowest BCUT2D eigenvalue weighted by molar-refractivity contribution is -0.142. The average molecular weight is 479 g/mol. The van der Waals surface area contributed by atoms with Crippen LogP contribution in [-0.2, 0) is 14.3 Å². The smallest absolute Gasteiger partial charge is 0.407 e. The topological polar surface area (TPSA) is 105 Å². The summed E-state index contributed by atoms with van der Waals surface area (Å²) < 4.78 is 5.64. The Labute approximate surface area is 206 Å². The summed E-state index contributed by atoms with van der Waals surface area (Å²) in [4.78, 5) is 37.2. The summed E-state index contributed by atoms with van der Waals surface area (Å²) in [5.41, 5.74) is 4.60. The molecule has 0 radical (unpaired) electrons. The Morgan fingerprint density at radius 1 is 0.971 bits per heavy atom. The summed E-state index contributed by atoms with van der Waals surface area (Å²) in [6.07, 6.45) is 2.60. The van der Waals surface area contributed by atoms with Crippen molar-refractivity contribution < 1.29 is 24.2 Å². The van der Waals surface area contributed by atoms with Gasteiger partial charge in [0.1, 0.15) is 12.6 Å². The van der Waals surface area contributed by atoms with Crippen molar-refractivity contribution in [1.29, 1.82) is 0 Å². The van der Waals surface area contributed by atoms with Crippen molar-refractivity contribution in [2.45, 2.75) is 64.0 Å². The number of hydrogen-bond acceptors (Lipinski definition) is 4. The predicted octanol–water partition coefficient (Wildman–Crippen LogP) is 4.70. The molecule has 4 rings (SSSR count). The Balaban J connectivity index is 1.34. The molecular formula is C28H34N2O5. The van der Waals surface area contributed by atoms with Crippen LogP contribution in [0.4, 0.5) is 4.79 Å². The van der Waals surface area contributed by atoms with Crippen LogP contribution in [0.15, 0.2) is 48.5 Å². The Kier molecular flexibility index (Phi) is 7.73. The van der Waals surface area contributed by atoms with Crippen molar-refractivity contribution in [3.8, 4) is 11.1 Å². The second-order valence-corrected chi connectivity index (χ2v) is 9.98. The highest BCUT2D eigenvalue weighted by atomic mass is 16.5. The maximum Gasteiger partial charge on any atom is 0.407 e. The molecule has 2 amide bonds. The lowest BCUT2D eigenvalue weighted by Gasteiger charge is -2.23. The Bertz CT molecular complexity index is 1040. The summed E-state index contributed by atoms with van der Waals surface area (Å²) in [6, 6.07) is 15.0. The highest BCUT2D eigenvalue weighted by molar-refractivity contribution is 5.86. The Morgan fingerprint density at radius 3 is 2.20 bits per heavy atom. The summed E-state index contributed by atoms with van der Waals surface area (Å²) >= 11 is 0. The molecule has 0 saturated heterocycles. The first-order valence-corrected chi connectivity index (χ1v) is 12.5. The van der Waals surface area contributed by atoms with E-state index in [0.29, 0.717) is 31.6 Å². The van der Waals surface area contributed by atoms with Gasteiger partial charge in [0.2, 0.25) is 5.91 Å². The maximum absolute atomic E-state index is 12.9. The van der Waals surface area contributed by atoms with Gasteiger partial charge in [-0.2, -0.15) is 0 Å². The van der Waals surface area contributed by atoms with Crippen LogP contribution in [0, 0.1) is 11.8 Å². The molecule has 186 valence electrons. The Hall–Kier alpha value is -3.35. The molecule has 3 N–H and O–H groups in total. The summed E-state index contributed by atoms with van der Waals surface area (Å²) in [5.74, 6) is -1.49. The molecule has 1 saturated carbocycles. The highest BCUT2D eigenvalue weighted by Gasteiger charge is 2.36. The first-order valence-electron chi connectivity index (χ1n) is 12.5. The van der Waals surface area contributed by atoms with Crippen molar-refractivity contribution >= 4 is 18.0 Å². The van der Waals surface area contributed by atoms with Crippen LogP contribution in [0.25, 0.3) is 11.1 Å². The largest absolute Gasteiger partial charge is 0.480 e. The van der Waals surface area contributed by atoms with Gasteiger partial charge in [-0.15, -0.1) is 0 Å². The molecule has 0 heterocycles. The third kappa shape index (κ3) is 5.66. The number of carbonyl (C=O) groups is 3. The zero-order valence-corrected chi connectivity index (χ0v) is 20.3. The van der Waals surface area contributed by atoms with Crippen LogP contribution < -0.4 is 10.6 Å². The first-order chi connectivity index (χ1) is 16.8. The molecule has 7 heteroatoms. The number of benzene rings is 2. The van der Waals surface area contributed by atoms with Crippen molar-refractivity contribution in [2.24, 2.45) is 11.8 Å². The minimum atomic E-state index is -1.03. The number of carboxylic acids is 1. The molecule has 0 aliphatic heterocycles. The highest BCUT2D eigenvalue weighted by Crippen LogP contribution is 2.44. The molecule has 3 atom stereocenters. The van der Waals surface area contributed by atoms with Gasteiger partial charge >= 0.3 is 12.1 Å². The van der Waals surface area contributed by atoms with E-state index in [4.69, 9.17) is 4.74 Å². The van der Waals surface area contributed by atoms with E-state index in [1.54, 1.807) is 0 Å². The van der Waals surface area contributed by atoms with E-state index in [0.717, 1.165) is 28.7 Å². The van der Waals surface area contributed by atoms with Crippen molar-refractivity contribution in [3.05, 3.63) is 59.7 Å². The summed E-state index contributed by atoms with van der Waals surface area (Å²) in [5, 5.41) is 15.0. The number of rotatable bonds is 9. The third-order valence-electron chi connectivity index (χ3n) is 7.15. The van der Waals surface area contributed by atoms with Crippen LogP contribution in [-0.4, -0.2) is 41.8 Å². The van der Waals surface area contributed by atoms with Gasteiger partial charge in [0.25, 0.3) is 0 Å². The number of nitrogens with one attached hydrogen (secondary N) is 2. The monoisotopic (exact) mass is 478 g/mol. The van der Waals surface area contributed by atoms with Gasteiger partial charge in [-0.1, -0.05) is 68.8 Å². The van der Waals surface area contributed by atoms with Crippen molar-refractivity contribution in [3.63, 3.8) is 0 Å². The van der Waals surface area contributed by atoms with E-state index >= 15 is 0 Å². The molecule has 2 aliphatic rings. The first kappa shape index (κ1) is 24.8. The van der Waals surface area contributed by atoms with E-state index < -0.39 is 24.0 Å². The van der Waals surface area contributed by atoms with Gasteiger partial charge in [-0.25, -0.2) is 9.59 Å². The lowest BCUT2D eigenvalue weighted by atomic mass is 9.98. The molecular weight excluding hydrogens is 444 g/mol. The fourth-order valence-corrected chi connectivity index (χ4v) is 5.27. The van der Waals surface area contributed by atoms with Crippen LogP contribution in [0.2, 0.25) is 0 Å². The fraction of sp³-hybridized carbons (Fsp3) is 0.464. The van der Waals surface area contributed by atoms with Gasteiger partial charge in [0.05, 0.1) is 5.92 Å². The molecule has 0 aromatic heterocycles. The van der Waals surface area contributed by atoms with Crippen LogP contribution in [0.5, 0.6) is 0 Å². The molecule has 2 aromatic carbocycles. The van der Waals surface area contributed by atoms with Crippen molar-refractivity contribution in [1.82, 2.24) is 10.6 Å². The number of carboxylic acid groups (broad SMARTS) is 1. The van der Waals surface area contributed by atoms with E-state index in [1.807, 2.05) is 38.1 Å². The Morgan fingerprint density at radius 2 is 1.60 bits per heavy atom. The second-order valence-electron chi connectivity index (χ2n) is 9.98. The molecule has 1 fully saturated rings. The van der Waals surface area contributed by atoms with E-state index in [2.05, 4.69) is 34.9 Å². The van der Waals surface area contributed by atoms with E-state index in [-0.39, 0.29) is 24.5 Å². The second kappa shape index (κ2) is 10.9. The third-order valence-corrected chi connectivity index (χ3v) is 7.15. The SMILES string of the molecule is CC(C)CCC(NC(=O)[C@@H]1CCC[C@@H]1NC(=O)OCC1c2ccccc2-c2ccccc21)C(=O)O. The quantitative estimate of drug-likeness (QED) is 0.485. The number of ether oxygens (including phenoxy) is 1. The van der Waals surface area contributed by atoms with Crippen LogP contribution in [0.1, 0.15) is 63.0 Å². The number of amides is 2. The van der Waals surface area contributed by atoms with Crippen LogP contribution >= 0.6 is 0 Å². The number of carbonyl (C=O) groups excluding carboxylic acids is 2. The molecule has 2 aromatic rings. The predicted molar refractivity (Wildman–Crippen MR) is 133 cm³/mol. The van der Waals surface area contributed by atoms with Gasteiger partial charge in [-0.05, 0) is 53.9 Å². The fourth-order valence-electron chi connectivity index (χ4n) is 5.27. The van der Waals surface area contributed by atoms with Gasteiger partial charge in [0, 0.05) is 12.0 Å². The van der Waals surface area contributed by atoms with Gasteiger partial charge in [-0.3, -0.25) is 4.79 Å². The molecule has 1 unspecified atom stereocenters. The van der Waals surface area contributed by atoms with Crippen LogP contribution in [0.3, 0.4) is 0 Å². The summed E-state index contributed by atoms with van der Waals surface area (Å²) in [6.45, 7) is 4.25. The van der Waals surface area contributed by atoms with Gasteiger partial charge < -0.3 is 20.5 Å². The molecule has 35 heavy (non-hydrogen) atoms. The number of fused-ring (bicyclic) bond motifs is 3. The zero-order valence-electron chi connectivity index (χ0n) is 20.3. The maximum atomic E-state index is 12.9.